The highest BCUT2D eigenvalue weighted by Crippen LogP contribution is 2.18. The summed E-state index contributed by atoms with van der Waals surface area (Å²) in [5, 5.41) is 9.72. The molecular weight excluding hydrogens is 302 g/mol. The number of carbonyl (C=O) groups excluding carboxylic acids is 1. The van der Waals surface area contributed by atoms with E-state index in [4.69, 9.17) is 5.73 Å². The first-order chi connectivity index (χ1) is 10.0. The van der Waals surface area contributed by atoms with Gasteiger partial charge in [-0.25, -0.2) is 4.98 Å². The second kappa shape index (κ2) is 7.91. The number of carbonyl (C=O) groups is 1. The van der Waals surface area contributed by atoms with Crippen molar-refractivity contribution in [2.45, 2.75) is 33.2 Å². The number of H-pyrrole nitrogens is 1. The molecule has 2 atom stereocenters. The highest BCUT2D eigenvalue weighted by molar-refractivity contribution is 5.95. The summed E-state index contributed by atoms with van der Waals surface area (Å²) in [5.41, 5.74) is 7.52. The largest absolute Gasteiger partial charge is 0.325 e. The maximum atomic E-state index is 12.0. The number of amides is 1. The first-order valence-corrected chi connectivity index (χ1v) is 7.07. The van der Waals surface area contributed by atoms with Gasteiger partial charge in [-0.05, 0) is 37.1 Å². The van der Waals surface area contributed by atoms with Crippen LogP contribution < -0.4 is 11.1 Å². The molecule has 0 aliphatic heterocycles. The molecule has 2 unspecified atom stereocenters. The van der Waals surface area contributed by atoms with Gasteiger partial charge in [-0.3, -0.25) is 9.89 Å². The fourth-order valence-electron chi connectivity index (χ4n) is 1.91. The van der Waals surface area contributed by atoms with E-state index in [0.717, 1.165) is 23.5 Å². The van der Waals surface area contributed by atoms with Crippen molar-refractivity contribution >= 4 is 24.0 Å². The van der Waals surface area contributed by atoms with E-state index in [-0.39, 0.29) is 24.2 Å². The standard InChI is InChI=1S/C15H21N5O.ClH/c1-4-9(2)13(16)15(21)18-12-7-5-11(6-8-12)14-17-10(3)19-20-14;/h5-9,13H,4,16H2,1-3H3,(H,18,21)(H,17,19,20);1H. The highest BCUT2D eigenvalue weighted by Gasteiger charge is 2.19. The van der Waals surface area contributed by atoms with E-state index in [1.165, 1.54) is 0 Å². The number of nitrogens with two attached hydrogens (primary N) is 1. The topological polar surface area (TPSA) is 96.7 Å². The molecule has 4 N–H and O–H groups in total. The zero-order valence-electron chi connectivity index (χ0n) is 13.0. The zero-order chi connectivity index (χ0) is 15.4. The first kappa shape index (κ1) is 18.1. The van der Waals surface area contributed by atoms with Crippen LogP contribution in [-0.4, -0.2) is 27.1 Å². The SMILES string of the molecule is CCC(C)C(N)C(=O)Nc1ccc(-c2n[nH]c(C)n2)cc1.Cl. The van der Waals surface area contributed by atoms with Crippen LogP contribution in [0, 0.1) is 12.8 Å². The molecular formula is C15H22ClN5O. The van der Waals surface area contributed by atoms with Gasteiger partial charge in [0.15, 0.2) is 5.82 Å². The zero-order valence-corrected chi connectivity index (χ0v) is 13.8. The van der Waals surface area contributed by atoms with E-state index in [9.17, 15) is 4.79 Å². The van der Waals surface area contributed by atoms with Crippen LogP contribution in [0.5, 0.6) is 0 Å². The Labute approximate surface area is 136 Å². The number of nitrogens with zero attached hydrogens (tertiary/aromatic N) is 2. The summed E-state index contributed by atoms with van der Waals surface area (Å²) in [7, 11) is 0. The molecule has 1 aromatic carbocycles. The summed E-state index contributed by atoms with van der Waals surface area (Å²) < 4.78 is 0. The molecule has 0 aliphatic carbocycles. The summed E-state index contributed by atoms with van der Waals surface area (Å²) in [5.74, 6) is 1.40. The minimum absolute atomic E-state index is 0. The Morgan fingerprint density at radius 2 is 2.00 bits per heavy atom. The van der Waals surface area contributed by atoms with Crippen molar-refractivity contribution in [3.63, 3.8) is 0 Å². The number of aromatic nitrogens is 3. The van der Waals surface area contributed by atoms with Gasteiger partial charge in [0, 0.05) is 11.3 Å². The van der Waals surface area contributed by atoms with Crippen LogP contribution in [0.2, 0.25) is 0 Å². The number of nitrogens with one attached hydrogen (secondary N) is 2. The van der Waals surface area contributed by atoms with Gasteiger partial charge in [-0.15, -0.1) is 12.4 Å². The minimum atomic E-state index is -0.495. The predicted octanol–water partition coefficient (Wildman–Crippen LogP) is 2.51. The number of hydrogen-bond donors (Lipinski definition) is 3. The van der Waals surface area contributed by atoms with E-state index < -0.39 is 6.04 Å². The Morgan fingerprint density at radius 1 is 1.36 bits per heavy atom. The average Bonchev–Trinajstić information content (AvgIpc) is 2.93. The number of benzene rings is 1. The summed E-state index contributed by atoms with van der Waals surface area (Å²) >= 11 is 0. The maximum absolute atomic E-state index is 12.0. The Bertz CT molecular complexity index is 611. The Morgan fingerprint density at radius 3 is 2.50 bits per heavy atom. The first-order valence-electron chi connectivity index (χ1n) is 7.07. The van der Waals surface area contributed by atoms with Crippen LogP contribution >= 0.6 is 12.4 Å². The maximum Gasteiger partial charge on any atom is 0.241 e. The molecule has 1 heterocycles. The molecule has 0 fully saturated rings. The summed E-state index contributed by atoms with van der Waals surface area (Å²) in [6.45, 7) is 5.84. The van der Waals surface area contributed by atoms with Gasteiger partial charge in [0.2, 0.25) is 5.91 Å². The molecule has 1 amide bonds. The highest BCUT2D eigenvalue weighted by atomic mass is 35.5. The molecule has 2 aromatic rings. The fraction of sp³-hybridized carbons (Fsp3) is 0.400. The lowest BCUT2D eigenvalue weighted by Gasteiger charge is -2.17. The monoisotopic (exact) mass is 323 g/mol. The molecule has 0 bridgehead atoms. The quantitative estimate of drug-likeness (QED) is 0.787. The van der Waals surface area contributed by atoms with Gasteiger partial charge >= 0.3 is 0 Å². The number of aromatic amines is 1. The van der Waals surface area contributed by atoms with E-state index >= 15 is 0 Å². The van der Waals surface area contributed by atoms with Gasteiger partial charge in [0.25, 0.3) is 0 Å². The number of halogens is 1. The second-order valence-electron chi connectivity index (χ2n) is 5.22. The summed E-state index contributed by atoms with van der Waals surface area (Å²) in [6.07, 6.45) is 0.873. The Hall–Kier alpha value is -1.92. The molecule has 120 valence electrons. The molecule has 7 heteroatoms. The van der Waals surface area contributed by atoms with Crippen molar-refractivity contribution < 1.29 is 4.79 Å². The van der Waals surface area contributed by atoms with Crippen molar-refractivity contribution in [3.8, 4) is 11.4 Å². The Balaban J connectivity index is 0.00000242. The van der Waals surface area contributed by atoms with E-state index in [1.54, 1.807) is 0 Å². The third kappa shape index (κ3) is 4.29. The van der Waals surface area contributed by atoms with Crippen molar-refractivity contribution in [1.29, 1.82) is 0 Å². The third-order valence-electron chi connectivity index (χ3n) is 3.57. The molecule has 0 spiro atoms. The van der Waals surface area contributed by atoms with E-state index in [0.29, 0.717) is 5.82 Å². The molecule has 0 saturated carbocycles. The van der Waals surface area contributed by atoms with Crippen molar-refractivity contribution in [3.05, 3.63) is 30.1 Å². The summed E-state index contributed by atoms with van der Waals surface area (Å²) in [6, 6.07) is 6.88. The van der Waals surface area contributed by atoms with Crippen LogP contribution in [-0.2, 0) is 4.79 Å². The average molecular weight is 324 g/mol. The summed E-state index contributed by atoms with van der Waals surface area (Å²) in [4.78, 5) is 16.3. The lowest BCUT2D eigenvalue weighted by atomic mass is 9.99. The smallest absolute Gasteiger partial charge is 0.241 e. The second-order valence-corrected chi connectivity index (χ2v) is 5.22. The molecule has 6 nitrogen and oxygen atoms in total. The number of hydrogen-bond acceptors (Lipinski definition) is 4. The fourth-order valence-corrected chi connectivity index (χ4v) is 1.91. The van der Waals surface area contributed by atoms with Crippen LogP contribution in [0.25, 0.3) is 11.4 Å². The molecule has 2 rings (SSSR count). The molecule has 1 aromatic heterocycles. The predicted molar refractivity (Wildman–Crippen MR) is 89.9 cm³/mol. The van der Waals surface area contributed by atoms with Crippen molar-refractivity contribution in [2.24, 2.45) is 11.7 Å². The normalized spacial score (nSPS) is 13.1. The van der Waals surface area contributed by atoms with E-state index in [1.807, 2.05) is 45.0 Å². The van der Waals surface area contributed by atoms with Crippen LogP contribution in [0.15, 0.2) is 24.3 Å². The van der Waals surface area contributed by atoms with Gasteiger partial charge < -0.3 is 11.1 Å². The molecule has 22 heavy (non-hydrogen) atoms. The van der Waals surface area contributed by atoms with Crippen molar-refractivity contribution in [2.75, 3.05) is 5.32 Å². The van der Waals surface area contributed by atoms with Crippen molar-refractivity contribution in [1.82, 2.24) is 15.2 Å². The van der Waals surface area contributed by atoms with Crippen LogP contribution in [0.3, 0.4) is 0 Å². The number of rotatable bonds is 5. The lowest BCUT2D eigenvalue weighted by Crippen LogP contribution is -2.40. The number of anilines is 1. The van der Waals surface area contributed by atoms with Gasteiger partial charge in [-0.1, -0.05) is 20.3 Å². The molecule has 0 radical (unpaired) electrons. The number of aryl methyl sites for hydroxylation is 1. The van der Waals surface area contributed by atoms with Crippen LogP contribution in [0.1, 0.15) is 26.1 Å². The minimum Gasteiger partial charge on any atom is -0.325 e. The third-order valence-corrected chi connectivity index (χ3v) is 3.57. The van der Waals surface area contributed by atoms with Gasteiger partial charge in [-0.2, -0.15) is 5.10 Å². The molecule has 0 aliphatic rings. The molecule has 0 saturated heterocycles. The van der Waals surface area contributed by atoms with Gasteiger partial charge in [0.05, 0.1) is 6.04 Å². The van der Waals surface area contributed by atoms with Crippen LogP contribution in [0.4, 0.5) is 5.69 Å². The van der Waals surface area contributed by atoms with E-state index in [2.05, 4.69) is 20.5 Å². The Kier molecular flexibility index (Phi) is 6.52. The van der Waals surface area contributed by atoms with Gasteiger partial charge in [0.1, 0.15) is 5.82 Å². The lowest BCUT2D eigenvalue weighted by molar-refractivity contribution is -0.118.